The number of thiazole rings is 1. The van der Waals surface area contributed by atoms with Crippen LogP contribution in [0.25, 0.3) is 0 Å². The van der Waals surface area contributed by atoms with E-state index in [4.69, 9.17) is 4.74 Å². The van der Waals surface area contributed by atoms with Gasteiger partial charge in [0.2, 0.25) is 0 Å². The molecule has 0 N–H and O–H groups in total. The van der Waals surface area contributed by atoms with Gasteiger partial charge in [0.05, 0.1) is 22.8 Å². The summed E-state index contributed by atoms with van der Waals surface area (Å²) >= 11 is 1.59. The van der Waals surface area contributed by atoms with E-state index >= 15 is 0 Å². The Morgan fingerprint density at radius 1 is 1.47 bits per heavy atom. The molecular weight excluding hydrogens is 210 g/mol. The first-order valence-electron chi connectivity index (χ1n) is 4.80. The first kappa shape index (κ1) is 10.2. The van der Waals surface area contributed by atoms with E-state index in [0.29, 0.717) is 12.6 Å². The lowest BCUT2D eigenvalue weighted by molar-refractivity contribution is 0.308. The summed E-state index contributed by atoms with van der Waals surface area (Å²) in [5.41, 5.74) is 1.80. The van der Waals surface area contributed by atoms with Crippen molar-refractivity contribution >= 4 is 11.3 Å². The fraction of sp³-hybridized carbons (Fsp3) is 0.400. The third kappa shape index (κ3) is 2.56. The van der Waals surface area contributed by atoms with E-state index in [2.05, 4.69) is 23.9 Å². The second-order valence-corrected chi connectivity index (χ2v) is 4.48. The molecule has 0 bridgehead atoms. The average molecular weight is 223 g/mol. The van der Waals surface area contributed by atoms with E-state index in [0.717, 1.165) is 10.6 Å². The van der Waals surface area contributed by atoms with Crippen molar-refractivity contribution < 1.29 is 4.74 Å². The molecule has 0 unspecified atom stereocenters. The van der Waals surface area contributed by atoms with Crippen molar-refractivity contribution in [3.05, 3.63) is 29.0 Å². The minimum absolute atomic E-state index is 0.366. The quantitative estimate of drug-likeness (QED) is 0.799. The van der Waals surface area contributed by atoms with Crippen LogP contribution in [0.3, 0.4) is 0 Å². The van der Waals surface area contributed by atoms with Gasteiger partial charge >= 0.3 is 0 Å². The van der Waals surface area contributed by atoms with Crippen LogP contribution in [0.1, 0.15) is 24.8 Å². The summed E-state index contributed by atoms with van der Waals surface area (Å²) < 4.78 is 7.45. The predicted molar refractivity (Wildman–Crippen MR) is 59.1 cm³/mol. The monoisotopic (exact) mass is 223 g/mol. The highest BCUT2D eigenvalue weighted by Crippen LogP contribution is 2.15. The Morgan fingerprint density at radius 2 is 2.33 bits per heavy atom. The van der Waals surface area contributed by atoms with E-state index in [-0.39, 0.29) is 0 Å². The number of nitrogens with zero attached hydrogens (tertiary/aromatic N) is 3. The van der Waals surface area contributed by atoms with Gasteiger partial charge in [-0.15, -0.1) is 11.3 Å². The Hall–Kier alpha value is -1.36. The summed E-state index contributed by atoms with van der Waals surface area (Å²) in [5.74, 6) is 0.803. The molecule has 2 aromatic rings. The molecule has 4 nitrogen and oxygen atoms in total. The van der Waals surface area contributed by atoms with E-state index in [1.54, 1.807) is 23.0 Å². The molecule has 0 fully saturated rings. The smallest absolute Gasteiger partial charge is 0.157 e. The zero-order valence-electron chi connectivity index (χ0n) is 8.75. The van der Waals surface area contributed by atoms with Crippen molar-refractivity contribution in [3.63, 3.8) is 0 Å². The fourth-order valence-corrected chi connectivity index (χ4v) is 1.65. The lowest BCUT2D eigenvalue weighted by Crippen LogP contribution is -1.99. The first-order chi connectivity index (χ1) is 7.25. The number of hydrogen-bond donors (Lipinski definition) is 0. The van der Waals surface area contributed by atoms with Crippen LogP contribution in [0.4, 0.5) is 0 Å². The highest BCUT2D eigenvalue weighted by Gasteiger charge is 2.03. The molecule has 2 aromatic heterocycles. The van der Waals surface area contributed by atoms with Gasteiger partial charge in [-0.05, 0) is 13.8 Å². The Morgan fingerprint density at radius 3 is 2.93 bits per heavy atom. The second kappa shape index (κ2) is 4.44. The van der Waals surface area contributed by atoms with Crippen LogP contribution in [0.2, 0.25) is 0 Å². The Bertz CT molecular complexity index is 408. The largest absolute Gasteiger partial charge is 0.485 e. The van der Waals surface area contributed by atoms with Gasteiger partial charge in [-0.1, -0.05) is 0 Å². The van der Waals surface area contributed by atoms with E-state index in [1.807, 2.05) is 17.1 Å². The highest BCUT2D eigenvalue weighted by molar-refractivity contribution is 7.09. The van der Waals surface area contributed by atoms with Crippen molar-refractivity contribution in [1.82, 2.24) is 14.8 Å². The maximum atomic E-state index is 5.57. The Labute approximate surface area is 92.5 Å². The van der Waals surface area contributed by atoms with Crippen LogP contribution in [0.15, 0.2) is 24.1 Å². The number of hydrogen-bond acceptors (Lipinski definition) is 4. The molecule has 0 aliphatic carbocycles. The fourth-order valence-electron chi connectivity index (χ4n) is 1.15. The van der Waals surface area contributed by atoms with Gasteiger partial charge in [0.15, 0.2) is 5.75 Å². The van der Waals surface area contributed by atoms with Gasteiger partial charge in [0, 0.05) is 12.2 Å². The molecule has 2 heterocycles. The van der Waals surface area contributed by atoms with Gasteiger partial charge < -0.3 is 4.74 Å². The van der Waals surface area contributed by atoms with E-state index in [9.17, 15) is 0 Å². The van der Waals surface area contributed by atoms with Gasteiger partial charge in [-0.3, -0.25) is 9.67 Å². The van der Waals surface area contributed by atoms with Gasteiger partial charge in [0.25, 0.3) is 0 Å². The molecular formula is C10H13N3OS. The summed E-state index contributed by atoms with van der Waals surface area (Å²) in [4.78, 5) is 5.10. The zero-order valence-corrected chi connectivity index (χ0v) is 9.57. The average Bonchev–Trinajstić information content (AvgIpc) is 2.86. The predicted octanol–water partition coefficient (Wildman–Crippen LogP) is 2.50. The van der Waals surface area contributed by atoms with Gasteiger partial charge in [-0.2, -0.15) is 5.10 Å². The number of rotatable bonds is 4. The third-order valence-electron chi connectivity index (χ3n) is 1.97. The number of aromatic nitrogens is 3. The zero-order chi connectivity index (χ0) is 10.7. The van der Waals surface area contributed by atoms with E-state index < -0.39 is 0 Å². The molecule has 0 saturated carbocycles. The van der Waals surface area contributed by atoms with Crippen molar-refractivity contribution in [1.29, 1.82) is 0 Å². The van der Waals surface area contributed by atoms with Crippen LogP contribution in [-0.2, 0) is 6.61 Å². The Kier molecular flexibility index (Phi) is 3.01. The molecule has 0 spiro atoms. The van der Waals surface area contributed by atoms with E-state index in [1.165, 1.54) is 0 Å². The van der Waals surface area contributed by atoms with Crippen LogP contribution in [0, 0.1) is 0 Å². The molecule has 0 radical (unpaired) electrons. The molecule has 2 rings (SSSR count). The third-order valence-corrected chi connectivity index (χ3v) is 2.72. The lowest BCUT2D eigenvalue weighted by Gasteiger charge is -2.03. The van der Waals surface area contributed by atoms with Crippen LogP contribution >= 0.6 is 11.3 Å². The molecule has 5 heteroatoms. The molecule has 15 heavy (non-hydrogen) atoms. The minimum atomic E-state index is 0.366. The molecule has 0 amide bonds. The van der Waals surface area contributed by atoms with Crippen molar-refractivity contribution in [2.45, 2.75) is 26.5 Å². The van der Waals surface area contributed by atoms with Crippen molar-refractivity contribution in [2.24, 2.45) is 0 Å². The summed E-state index contributed by atoms with van der Waals surface area (Å²) in [7, 11) is 0. The van der Waals surface area contributed by atoms with Gasteiger partial charge in [-0.25, -0.2) is 0 Å². The molecule has 0 aromatic carbocycles. The normalized spacial score (nSPS) is 10.9. The summed E-state index contributed by atoms with van der Waals surface area (Å²) in [6.45, 7) is 4.73. The molecule has 0 atom stereocenters. The lowest BCUT2D eigenvalue weighted by atomic mass is 10.4. The number of ether oxygens (including phenoxy) is 1. The van der Waals surface area contributed by atoms with Crippen molar-refractivity contribution in [3.8, 4) is 5.75 Å². The molecule has 0 saturated heterocycles. The first-order valence-corrected chi connectivity index (χ1v) is 5.68. The van der Waals surface area contributed by atoms with Crippen LogP contribution in [0.5, 0.6) is 5.75 Å². The van der Waals surface area contributed by atoms with Gasteiger partial charge in [0.1, 0.15) is 6.61 Å². The maximum absolute atomic E-state index is 5.57. The summed E-state index contributed by atoms with van der Waals surface area (Å²) in [5, 5.41) is 4.20. The molecule has 0 aliphatic rings. The van der Waals surface area contributed by atoms with Crippen molar-refractivity contribution in [2.75, 3.05) is 0 Å². The van der Waals surface area contributed by atoms with Crippen LogP contribution in [-0.4, -0.2) is 14.8 Å². The highest BCUT2D eigenvalue weighted by atomic mass is 32.1. The van der Waals surface area contributed by atoms with Crippen LogP contribution < -0.4 is 4.74 Å². The standard InChI is InChI=1S/C10H13N3OS/c1-8(2)13-5-9(3-12-13)14-6-10-4-11-7-15-10/h3-5,7-8H,6H2,1-2H3. The maximum Gasteiger partial charge on any atom is 0.157 e. The topological polar surface area (TPSA) is 39.9 Å². The molecule has 0 aliphatic heterocycles. The second-order valence-electron chi connectivity index (χ2n) is 3.51. The summed E-state index contributed by atoms with van der Waals surface area (Å²) in [6.07, 6.45) is 5.46. The minimum Gasteiger partial charge on any atom is -0.485 e. The molecule has 80 valence electrons. The Balaban J connectivity index is 1.94. The summed E-state index contributed by atoms with van der Waals surface area (Å²) in [6, 6.07) is 0.366. The SMILES string of the molecule is CC(C)n1cc(OCc2cncs2)cn1.